The van der Waals surface area contributed by atoms with Crippen LogP contribution in [-0.2, 0) is 4.79 Å². The third-order valence-electron chi connectivity index (χ3n) is 5.65. The molecule has 1 saturated carbocycles. The van der Waals surface area contributed by atoms with Gasteiger partial charge in [-0.05, 0) is 50.0 Å². The van der Waals surface area contributed by atoms with Crippen LogP contribution in [0.3, 0.4) is 0 Å². The molecule has 0 bridgehead atoms. The summed E-state index contributed by atoms with van der Waals surface area (Å²) in [7, 11) is 0. The Kier molecular flexibility index (Phi) is 2.90. The molecule has 2 saturated heterocycles. The minimum absolute atomic E-state index is 0.0906. The lowest BCUT2D eigenvalue weighted by Crippen LogP contribution is -2.35. The van der Waals surface area contributed by atoms with Gasteiger partial charge in [0, 0.05) is 25.3 Å². The molecule has 20 heavy (non-hydrogen) atoms. The number of carbonyl (C=O) groups excluding carboxylic acids is 1. The van der Waals surface area contributed by atoms with Gasteiger partial charge in [0.15, 0.2) is 0 Å². The smallest absolute Gasteiger partial charge is 0.228 e. The summed E-state index contributed by atoms with van der Waals surface area (Å²) >= 11 is 0. The van der Waals surface area contributed by atoms with Crippen molar-refractivity contribution in [3.05, 3.63) is 29.8 Å². The highest BCUT2D eigenvalue weighted by Crippen LogP contribution is 2.44. The van der Waals surface area contributed by atoms with Gasteiger partial charge in [-0.2, -0.15) is 0 Å². The van der Waals surface area contributed by atoms with Gasteiger partial charge in [-0.1, -0.05) is 18.6 Å². The maximum absolute atomic E-state index is 12.1. The average Bonchev–Trinajstić information content (AvgIpc) is 2.97. The van der Waals surface area contributed by atoms with Gasteiger partial charge in [-0.25, -0.2) is 0 Å². The van der Waals surface area contributed by atoms with Crippen LogP contribution in [-0.4, -0.2) is 30.4 Å². The van der Waals surface area contributed by atoms with Gasteiger partial charge in [0.2, 0.25) is 5.91 Å². The van der Waals surface area contributed by atoms with Gasteiger partial charge in [-0.3, -0.25) is 4.79 Å². The molecule has 2 aliphatic heterocycles. The molecular weight excluding hydrogens is 248 g/mol. The van der Waals surface area contributed by atoms with Crippen LogP contribution in [0.4, 0.5) is 0 Å². The minimum Gasteiger partial charge on any atom is -0.370 e. The van der Waals surface area contributed by atoms with Crippen molar-refractivity contribution in [1.29, 1.82) is 0 Å². The first-order valence-corrected chi connectivity index (χ1v) is 8.06. The summed E-state index contributed by atoms with van der Waals surface area (Å²) in [6.07, 6.45) is 14.2. The Labute approximate surface area is 121 Å². The molecule has 2 heterocycles. The maximum Gasteiger partial charge on any atom is 0.228 e. The Morgan fingerprint density at radius 3 is 2.90 bits per heavy atom. The number of carbonyl (C=O) groups is 1. The number of rotatable bonds is 2. The highest BCUT2D eigenvalue weighted by Gasteiger charge is 2.48. The molecule has 1 N–H and O–H groups in total. The van der Waals surface area contributed by atoms with Crippen molar-refractivity contribution in [2.75, 3.05) is 19.6 Å². The Hall–Kier alpha value is -1.25. The van der Waals surface area contributed by atoms with Crippen LogP contribution >= 0.6 is 0 Å². The average molecular weight is 271 g/mol. The Bertz CT molecular complexity index is 489. The summed E-state index contributed by atoms with van der Waals surface area (Å²) in [5, 5.41) is 3.03. The van der Waals surface area contributed by atoms with E-state index in [-0.39, 0.29) is 11.3 Å². The maximum atomic E-state index is 12.1. The second kappa shape index (κ2) is 4.64. The summed E-state index contributed by atoms with van der Waals surface area (Å²) < 4.78 is 0. The SMILES string of the molecule is O=C1NCCC12CCN(C1=CC[CH]C=C1C1CCC1)C2. The number of allylic oxidation sites excluding steroid dienone is 3. The molecule has 1 amide bonds. The molecule has 107 valence electrons. The molecule has 3 heteroatoms. The van der Waals surface area contributed by atoms with Gasteiger partial charge in [-0.15, -0.1) is 0 Å². The number of amides is 1. The molecule has 3 fully saturated rings. The Morgan fingerprint density at radius 2 is 2.20 bits per heavy atom. The molecule has 4 rings (SSSR count). The molecule has 3 nitrogen and oxygen atoms in total. The third kappa shape index (κ3) is 1.82. The van der Waals surface area contributed by atoms with Crippen LogP contribution < -0.4 is 5.32 Å². The van der Waals surface area contributed by atoms with Crippen LogP contribution in [0.15, 0.2) is 23.4 Å². The lowest BCUT2D eigenvalue weighted by Gasteiger charge is -2.36. The van der Waals surface area contributed by atoms with Crippen molar-refractivity contribution in [2.45, 2.75) is 38.5 Å². The predicted molar refractivity (Wildman–Crippen MR) is 78.7 cm³/mol. The van der Waals surface area contributed by atoms with Crippen molar-refractivity contribution in [3.8, 4) is 0 Å². The first-order chi connectivity index (χ1) is 9.78. The van der Waals surface area contributed by atoms with Crippen molar-refractivity contribution in [3.63, 3.8) is 0 Å². The van der Waals surface area contributed by atoms with Crippen LogP contribution in [0, 0.1) is 17.8 Å². The van der Waals surface area contributed by atoms with E-state index in [0.29, 0.717) is 0 Å². The van der Waals surface area contributed by atoms with E-state index in [9.17, 15) is 4.79 Å². The van der Waals surface area contributed by atoms with E-state index < -0.39 is 0 Å². The summed E-state index contributed by atoms with van der Waals surface area (Å²) in [6, 6.07) is 0. The van der Waals surface area contributed by atoms with Crippen molar-refractivity contribution in [2.24, 2.45) is 11.3 Å². The van der Waals surface area contributed by atoms with Crippen LogP contribution in [0.25, 0.3) is 0 Å². The largest absolute Gasteiger partial charge is 0.370 e. The minimum atomic E-state index is -0.0906. The molecule has 0 aromatic heterocycles. The number of nitrogens with one attached hydrogen (secondary N) is 1. The van der Waals surface area contributed by atoms with E-state index in [0.717, 1.165) is 44.8 Å². The highest BCUT2D eigenvalue weighted by molar-refractivity contribution is 5.85. The standard InChI is InChI=1S/C17H23N2O/c20-16-17(8-10-18-16)9-11-19(12-17)15-7-2-1-6-14(15)13-4-3-5-13/h1,6-7,13H,2-5,8-12H2,(H,18,20). The summed E-state index contributed by atoms with van der Waals surface area (Å²) in [6.45, 7) is 2.84. The molecule has 1 unspecified atom stereocenters. The normalized spacial score (nSPS) is 34.0. The van der Waals surface area contributed by atoms with E-state index in [4.69, 9.17) is 0 Å². The van der Waals surface area contributed by atoms with Crippen LogP contribution in [0.2, 0.25) is 0 Å². The third-order valence-corrected chi connectivity index (χ3v) is 5.65. The number of likely N-dealkylation sites (tertiary alicyclic amines) is 1. The van der Waals surface area contributed by atoms with Gasteiger partial charge < -0.3 is 10.2 Å². The summed E-state index contributed by atoms with van der Waals surface area (Å²) in [5.41, 5.74) is 2.89. The highest BCUT2D eigenvalue weighted by atomic mass is 16.2. The lowest BCUT2D eigenvalue weighted by molar-refractivity contribution is -0.126. The fraction of sp³-hybridized carbons (Fsp3) is 0.647. The zero-order valence-electron chi connectivity index (χ0n) is 12.0. The van der Waals surface area contributed by atoms with E-state index in [1.165, 1.54) is 30.5 Å². The van der Waals surface area contributed by atoms with E-state index in [2.05, 4.69) is 28.8 Å². The second-order valence-electron chi connectivity index (χ2n) is 6.77. The number of hydrogen-bond donors (Lipinski definition) is 1. The van der Waals surface area contributed by atoms with Crippen LogP contribution in [0.5, 0.6) is 0 Å². The molecule has 0 aromatic rings. The molecule has 2 aliphatic carbocycles. The van der Waals surface area contributed by atoms with Gasteiger partial charge in [0.05, 0.1) is 5.41 Å². The van der Waals surface area contributed by atoms with Crippen molar-refractivity contribution < 1.29 is 4.79 Å². The first-order valence-electron chi connectivity index (χ1n) is 8.06. The zero-order valence-corrected chi connectivity index (χ0v) is 12.0. The molecule has 1 spiro atoms. The van der Waals surface area contributed by atoms with Gasteiger partial charge in [0.25, 0.3) is 0 Å². The molecule has 1 atom stereocenters. The number of nitrogens with zero attached hydrogens (tertiary/aromatic N) is 1. The molecule has 4 aliphatic rings. The predicted octanol–water partition coefficient (Wildman–Crippen LogP) is 2.42. The fourth-order valence-corrected chi connectivity index (χ4v) is 4.14. The van der Waals surface area contributed by atoms with Crippen LogP contribution in [0.1, 0.15) is 38.5 Å². The first kappa shape index (κ1) is 12.5. The topological polar surface area (TPSA) is 32.3 Å². The quantitative estimate of drug-likeness (QED) is 0.836. The van der Waals surface area contributed by atoms with E-state index >= 15 is 0 Å². The monoisotopic (exact) mass is 271 g/mol. The van der Waals surface area contributed by atoms with E-state index in [1.807, 2.05) is 0 Å². The lowest BCUT2D eigenvalue weighted by atomic mass is 9.76. The Morgan fingerprint density at radius 1 is 1.30 bits per heavy atom. The molecule has 1 radical (unpaired) electrons. The summed E-state index contributed by atoms with van der Waals surface area (Å²) in [5.74, 6) is 1.06. The van der Waals surface area contributed by atoms with Crippen molar-refractivity contribution >= 4 is 5.91 Å². The summed E-state index contributed by atoms with van der Waals surface area (Å²) in [4.78, 5) is 14.6. The Balaban J connectivity index is 1.54. The van der Waals surface area contributed by atoms with E-state index in [1.54, 1.807) is 0 Å². The van der Waals surface area contributed by atoms with Crippen molar-refractivity contribution in [1.82, 2.24) is 10.2 Å². The van der Waals surface area contributed by atoms with Gasteiger partial charge in [0.1, 0.15) is 0 Å². The zero-order chi connectivity index (χ0) is 13.6. The molecule has 0 aromatic carbocycles. The molecular formula is C17H23N2O. The van der Waals surface area contributed by atoms with Gasteiger partial charge >= 0.3 is 0 Å². The second-order valence-corrected chi connectivity index (χ2v) is 6.77. The number of hydrogen-bond acceptors (Lipinski definition) is 2. The fourth-order valence-electron chi connectivity index (χ4n) is 4.14.